The third-order valence-electron chi connectivity index (χ3n) is 8.16. The maximum Gasteiger partial charge on any atom is 0.230 e. The fourth-order valence-corrected chi connectivity index (χ4v) is 6.08. The van der Waals surface area contributed by atoms with Crippen LogP contribution in [0.3, 0.4) is 0 Å². The topological polar surface area (TPSA) is 84.0 Å². The minimum absolute atomic E-state index is 0.131. The lowest BCUT2D eigenvalue weighted by molar-refractivity contribution is -0.123. The molecule has 1 aromatic heterocycles. The molecule has 0 aliphatic heterocycles. The number of hydrogen-bond donors (Lipinski definition) is 1. The summed E-state index contributed by atoms with van der Waals surface area (Å²) in [5.74, 6) is 3.00. The molecule has 0 saturated heterocycles. The Morgan fingerprint density at radius 1 is 1.03 bits per heavy atom. The largest absolute Gasteiger partial charge is 0.496 e. The fraction of sp³-hybridized carbons (Fsp3) is 0.517. The minimum Gasteiger partial charge on any atom is -0.496 e. The van der Waals surface area contributed by atoms with E-state index in [0.717, 1.165) is 74.9 Å². The van der Waals surface area contributed by atoms with Crippen LogP contribution in [0.1, 0.15) is 74.8 Å². The van der Waals surface area contributed by atoms with Gasteiger partial charge in [-0.3, -0.25) is 4.79 Å². The van der Waals surface area contributed by atoms with Gasteiger partial charge in [0.1, 0.15) is 5.75 Å². The molecule has 2 saturated carbocycles. The first-order valence-electron chi connectivity index (χ1n) is 13.4. The highest BCUT2D eigenvalue weighted by Gasteiger charge is 2.31. The van der Waals surface area contributed by atoms with E-state index in [1.165, 1.54) is 17.5 Å². The number of amides is 1. The van der Waals surface area contributed by atoms with Crippen molar-refractivity contribution < 1.29 is 9.53 Å². The Morgan fingerprint density at radius 2 is 1.83 bits per heavy atom. The number of carbonyl (C=O) groups is 1. The summed E-state index contributed by atoms with van der Waals surface area (Å²) < 4.78 is 5.44. The number of benzene rings is 2. The van der Waals surface area contributed by atoms with Gasteiger partial charge in [0.05, 0.1) is 7.11 Å². The van der Waals surface area contributed by atoms with Gasteiger partial charge in [0, 0.05) is 23.7 Å². The fourth-order valence-electron chi connectivity index (χ4n) is 6.08. The van der Waals surface area contributed by atoms with Crippen molar-refractivity contribution >= 4 is 11.6 Å². The molecule has 1 N–H and O–H groups in total. The molecule has 190 valence electrons. The molecule has 2 aliphatic carbocycles. The lowest BCUT2D eigenvalue weighted by atomic mass is 9.78. The number of ether oxygens (including phenoxy) is 1. The van der Waals surface area contributed by atoms with Gasteiger partial charge in [0.2, 0.25) is 11.7 Å². The molecule has 0 atom stereocenters. The van der Waals surface area contributed by atoms with Crippen molar-refractivity contribution in [3.8, 4) is 17.1 Å². The van der Waals surface area contributed by atoms with Crippen molar-refractivity contribution in [1.82, 2.24) is 20.6 Å². The van der Waals surface area contributed by atoms with Gasteiger partial charge < -0.3 is 9.64 Å². The van der Waals surface area contributed by atoms with Crippen LogP contribution in [0.15, 0.2) is 42.5 Å². The summed E-state index contributed by atoms with van der Waals surface area (Å²) in [7, 11) is 1.73. The molecule has 0 bridgehead atoms. The van der Waals surface area contributed by atoms with Crippen molar-refractivity contribution in [2.24, 2.45) is 11.8 Å². The first-order chi connectivity index (χ1) is 17.6. The second-order valence-electron chi connectivity index (χ2n) is 10.5. The Kier molecular flexibility index (Phi) is 7.63. The van der Waals surface area contributed by atoms with E-state index in [4.69, 9.17) is 4.74 Å². The first-order valence-corrected chi connectivity index (χ1v) is 13.4. The number of rotatable bonds is 7. The SMILES string of the molecule is COc1ccc(C2CCC(CN(C(=O)C3CCCCC3)c3cccc(-c4nn[nH]n4)c3)CC2)cc1C. The molecule has 2 aromatic carbocycles. The van der Waals surface area contributed by atoms with E-state index in [0.29, 0.717) is 17.7 Å². The third kappa shape index (κ3) is 5.45. The van der Waals surface area contributed by atoms with Crippen LogP contribution in [0.4, 0.5) is 5.69 Å². The van der Waals surface area contributed by atoms with Gasteiger partial charge in [0.15, 0.2) is 0 Å². The van der Waals surface area contributed by atoms with Crippen molar-refractivity contribution in [2.45, 2.75) is 70.6 Å². The average Bonchev–Trinajstić information content (AvgIpc) is 3.48. The summed E-state index contributed by atoms with van der Waals surface area (Å²) in [6.07, 6.45) is 10.1. The third-order valence-corrected chi connectivity index (χ3v) is 8.16. The number of nitrogens with one attached hydrogen (secondary N) is 1. The number of aromatic nitrogens is 4. The predicted octanol–water partition coefficient (Wildman–Crippen LogP) is 6.07. The zero-order valence-electron chi connectivity index (χ0n) is 21.4. The van der Waals surface area contributed by atoms with E-state index in [2.05, 4.69) is 56.7 Å². The van der Waals surface area contributed by atoms with E-state index < -0.39 is 0 Å². The molecule has 7 nitrogen and oxygen atoms in total. The summed E-state index contributed by atoms with van der Waals surface area (Å²) >= 11 is 0. The summed E-state index contributed by atoms with van der Waals surface area (Å²) in [6, 6.07) is 14.7. The van der Waals surface area contributed by atoms with Crippen LogP contribution in [0, 0.1) is 18.8 Å². The number of H-pyrrole nitrogens is 1. The smallest absolute Gasteiger partial charge is 0.230 e. The summed E-state index contributed by atoms with van der Waals surface area (Å²) in [4.78, 5) is 15.9. The molecular weight excluding hydrogens is 450 g/mol. The van der Waals surface area contributed by atoms with Gasteiger partial charge >= 0.3 is 0 Å². The van der Waals surface area contributed by atoms with Crippen molar-refractivity contribution in [1.29, 1.82) is 0 Å². The maximum absolute atomic E-state index is 13.8. The Hall–Kier alpha value is -3.22. The second kappa shape index (κ2) is 11.2. The maximum atomic E-state index is 13.8. The van der Waals surface area contributed by atoms with Gasteiger partial charge in [-0.05, 0) is 91.8 Å². The monoisotopic (exact) mass is 487 g/mol. The van der Waals surface area contributed by atoms with E-state index in [9.17, 15) is 4.79 Å². The first kappa shape index (κ1) is 24.5. The van der Waals surface area contributed by atoms with Crippen LogP contribution >= 0.6 is 0 Å². The summed E-state index contributed by atoms with van der Waals surface area (Å²) in [6.45, 7) is 2.89. The molecule has 2 aliphatic rings. The molecule has 5 rings (SSSR count). The van der Waals surface area contributed by atoms with Crippen LogP contribution in [-0.4, -0.2) is 40.2 Å². The number of hydrogen-bond acceptors (Lipinski definition) is 5. The normalized spacial score (nSPS) is 20.7. The summed E-state index contributed by atoms with van der Waals surface area (Å²) in [5, 5.41) is 14.5. The molecule has 36 heavy (non-hydrogen) atoms. The molecule has 2 fully saturated rings. The van der Waals surface area contributed by atoms with Crippen LogP contribution in [-0.2, 0) is 4.79 Å². The number of carbonyl (C=O) groups excluding carboxylic acids is 1. The Bertz CT molecular complexity index is 1150. The molecule has 0 unspecified atom stereocenters. The number of aryl methyl sites for hydroxylation is 1. The standard InChI is InChI=1S/C29H37N5O2/c1-20-17-24(15-16-27(20)36-2)22-13-11-21(12-14-22)19-34(29(35)23-7-4-3-5-8-23)26-10-6-9-25(18-26)28-30-32-33-31-28/h6,9-10,15-18,21-23H,3-5,7-8,11-14,19H2,1-2H3,(H,30,31,32,33). The molecular formula is C29H37N5O2. The predicted molar refractivity (Wildman–Crippen MR) is 141 cm³/mol. The van der Waals surface area contributed by atoms with E-state index in [1.54, 1.807) is 7.11 Å². The van der Waals surface area contributed by atoms with Gasteiger partial charge in [-0.1, -0.05) is 43.5 Å². The number of nitrogens with zero attached hydrogens (tertiary/aromatic N) is 4. The highest BCUT2D eigenvalue weighted by molar-refractivity contribution is 5.95. The number of tetrazole rings is 1. The van der Waals surface area contributed by atoms with Crippen molar-refractivity contribution in [3.63, 3.8) is 0 Å². The van der Waals surface area contributed by atoms with Crippen LogP contribution in [0.25, 0.3) is 11.4 Å². The van der Waals surface area contributed by atoms with E-state index in [-0.39, 0.29) is 11.8 Å². The molecule has 1 amide bonds. The van der Waals surface area contributed by atoms with Gasteiger partial charge in [0.25, 0.3) is 0 Å². The molecule has 3 aromatic rings. The second-order valence-corrected chi connectivity index (χ2v) is 10.5. The zero-order chi connectivity index (χ0) is 24.9. The zero-order valence-corrected chi connectivity index (χ0v) is 21.4. The lowest BCUT2D eigenvalue weighted by Gasteiger charge is -2.35. The molecule has 0 spiro atoms. The van der Waals surface area contributed by atoms with E-state index >= 15 is 0 Å². The molecule has 7 heteroatoms. The quantitative estimate of drug-likeness (QED) is 0.437. The minimum atomic E-state index is 0.131. The Balaban J connectivity index is 1.31. The van der Waals surface area contributed by atoms with Gasteiger partial charge in [-0.15, -0.1) is 10.2 Å². The van der Waals surface area contributed by atoms with Crippen LogP contribution < -0.4 is 9.64 Å². The Labute approximate surface area is 213 Å². The van der Waals surface area contributed by atoms with Gasteiger partial charge in [-0.25, -0.2) is 0 Å². The van der Waals surface area contributed by atoms with Crippen LogP contribution in [0.2, 0.25) is 0 Å². The van der Waals surface area contributed by atoms with E-state index in [1.807, 2.05) is 18.2 Å². The summed E-state index contributed by atoms with van der Waals surface area (Å²) in [5.41, 5.74) is 4.43. The number of aromatic amines is 1. The highest BCUT2D eigenvalue weighted by Crippen LogP contribution is 2.39. The van der Waals surface area contributed by atoms with Crippen molar-refractivity contribution in [3.05, 3.63) is 53.6 Å². The van der Waals surface area contributed by atoms with Gasteiger partial charge in [-0.2, -0.15) is 5.21 Å². The number of anilines is 1. The van der Waals surface area contributed by atoms with Crippen molar-refractivity contribution in [2.75, 3.05) is 18.6 Å². The number of methoxy groups -OCH3 is 1. The van der Waals surface area contributed by atoms with Crippen LogP contribution in [0.5, 0.6) is 5.75 Å². The Morgan fingerprint density at radius 3 is 2.53 bits per heavy atom. The lowest BCUT2D eigenvalue weighted by Crippen LogP contribution is -2.41. The highest BCUT2D eigenvalue weighted by atomic mass is 16.5. The average molecular weight is 488 g/mol. The molecule has 0 radical (unpaired) electrons. The molecule has 1 heterocycles.